The summed E-state index contributed by atoms with van der Waals surface area (Å²) in [4.78, 5) is 12.9. The van der Waals surface area contributed by atoms with E-state index >= 15 is 0 Å². The summed E-state index contributed by atoms with van der Waals surface area (Å²) in [5.41, 5.74) is 0. The molecule has 5 aliphatic carbocycles. The summed E-state index contributed by atoms with van der Waals surface area (Å²) in [7, 11) is 3.02. The number of ether oxygens (including phenoxy) is 8. The summed E-state index contributed by atoms with van der Waals surface area (Å²) in [5.74, 6) is -3.30. The molecule has 9 rings (SSSR count). The van der Waals surface area contributed by atoms with E-state index in [1.165, 1.54) is 20.3 Å². The minimum atomic E-state index is -1.77. The SMILES string of the molecule is COC1CC(C2[OH+]C3CC(O)CC4OC(C5C(O)CC(O)C6C[C@H](O)[C@@H](C7CCC(O)C(O)C7)OC65)CC(C2O[C@@H]2O[C@H](COC(=O)C=CC5CCC(O)CC5)[C@@H](O)[C@H](O)[C@H]2O)C43)CC(OC)C1O. The summed E-state index contributed by atoms with van der Waals surface area (Å²) in [5, 5.41) is 122. The molecule has 0 aromatic carbocycles. The largest absolute Gasteiger partial charge is 0.460 e. The van der Waals surface area contributed by atoms with Crippen LogP contribution in [0, 0.1) is 41.4 Å². The molecule has 69 heavy (non-hydrogen) atoms. The van der Waals surface area contributed by atoms with Gasteiger partial charge in [0.05, 0.1) is 85.3 Å². The topological polar surface area (TPSA) is 317 Å². The highest BCUT2D eigenvalue weighted by Gasteiger charge is 2.65. The van der Waals surface area contributed by atoms with Gasteiger partial charge in [-0.1, -0.05) is 6.08 Å². The van der Waals surface area contributed by atoms with Gasteiger partial charge in [-0.2, -0.15) is 0 Å². The third-order valence-corrected chi connectivity index (χ3v) is 18.0. The maximum Gasteiger partial charge on any atom is 0.330 e. The summed E-state index contributed by atoms with van der Waals surface area (Å²) < 4.78 is 49.5. The van der Waals surface area contributed by atoms with Crippen molar-refractivity contribution in [3.63, 3.8) is 0 Å². The van der Waals surface area contributed by atoms with E-state index in [4.69, 9.17) is 37.9 Å². The van der Waals surface area contributed by atoms with Crippen LogP contribution in [0.15, 0.2) is 12.2 Å². The Bertz CT molecular complexity index is 1700. The number of hydrogen-bond acceptors (Lipinski definition) is 19. The van der Waals surface area contributed by atoms with Gasteiger partial charge < -0.3 is 94.1 Å². The van der Waals surface area contributed by atoms with Gasteiger partial charge in [0.25, 0.3) is 0 Å². The van der Waals surface area contributed by atoms with Gasteiger partial charge >= 0.3 is 5.97 Å². The van der Waals surface area contributed by atoms with Crippen molar-refractivity contribution >= 4 is 5.97 Å². The van der Waals surface area contributed by atoms with Crippen LogP contribution in [0.5, 0.6) is 0 Å². The van der Waals surface area contributed by atoms with Crippen molar-refractivity contribution in [3.05, 3.63) is 12.2 Å². The smallest absolute Gasteiger partial charge is 0.330 e. The molecular weight excluding hydrogens is 909 g/mol. The fourth-order valence-electron chi connectivity index (χ4n) is 14.3. The Hall–Kier alpha value is -1.51. The fraction of sp³-hybridized carbons (Fsp3) is 0.939. The monoisotopic (exact) mass is 988 g/mol. The first-order chi connectivity index (χ1) is 33.0. The Morgan fingerprint density at radius 3 is 1.99 bits per heavy atom. The number of aliphatic hydroxyl groups excluding tert-OH is 11. The highest BCUT2D eigenvalue weighted by molar-refractivity contribution is 5.81. The molecule has 0 radical (unpaired) electrons. The number of methoxy groups -OCH3 is 2. The van der Waals surface area contributed by atoms with Crippen LogP contribution in [-0.2, 0) is 38.0 Å². The zero-order valence-electron chi connectivity index (χ0n) is 39.6. The minimum Gasteiger partial charge on any atom is -0.460 e. The van der Waals surface area contributed by atoms with Crippen molar-refractivity contribution in [2.75, 3.05) is 20.8 Å². The quantitative estimate of drug-likeness (QED) is 0.0598. The van der Waals surface area contributed by atoms with Crippen molar-refractivity contribution < 1.29 is 98.9 Å². The summed E-state index contributed by atoms with van der Waals surface area (Å²) in [6.07, 6.45) is -12.7. The molecule has 0 bridgehead atoms. The van der Waals surface area contributed by atoms with Crippen LogP contribution in [-0.4, -0.2) is 222 Å². The highest BCUT2D eigenvalue weighted by Crippen LogP contribution is 2.54. The molecule has 0 aromatic heterocycles. The molecule has 20 nitrogen and oxygen atoms in total. The van der Waals surface area contributed by atoms with Crippen LogP contribution in [0.2, 0.25) is 0 Å². The van der Waals surface area contributed by atoms with Gasteiger partial charge in [-0.05, 0) is 82.5 Å². The molecule has 12 N–H and O–H groups in total. The predicted molar refractivity (Wildman–Crippen MR) is 237 cm³/mol. The van der Waals surface area contributed by atoms with Crippen LogP contribution in [0.4, 0.5) is 0 Å². The van der Waals surface area contributed by atoms with Gasteiger partial charge in [0.15, 0.2) is 18.5 Å². The summed E-state index contributed by atoms with van der Waals surface area (Å²) >= 11 is 0. The molecule has 25 atom stereocenters. The molecule has 4 saturated heterocycles. The third-order valence-electron chi connectivity index (χ3n) is 18.0. The standard InChI is InChI=1S/C49H78O20/c1-62-35-12-22(13-36(63-2)41(35)58)46-48(69-49-44(61)43(60)42(59)37(67-49)19-64-38(57)10-5-20-3-7-23(50)8-4-20)26-17-34(65-32-14-24(51)15-33(66-46)39(26)32)40-30(55)18-28(53)25-16-31(56)45(68-47(25)40)21-6-9-27(52)29(54)11-21/h5,10,20-37,39-56,58-61H,3-4,6-9,11-19H2,1-2H3/p+1/t20?,21?,22?,23?,24?,25?,26?,27?,28?,29?,30?,31-,32?,33?,34?,35?,36?,37+,39?,40?,41?,42+,43-,44+,45+,46?,47?,48?,49-/m0/s1. The van der Waals surface area contributed by atoms with E-state index in [-0.39, 0.29) is 61.9 Å². The Balaban J connectivity index is 1.01. The van der Waals surface area contributed by atoms with E-state index in [0.29, 0.717) is 44.9 Å². The third kappa shape index (κ3) is 10.9. The van der Waals surface area contributed by atoms with Crippen molar-refractivity contribution in [2.45, 2.75) is 224 Å². The average Bonchev–Trinajstić information content (AvgIpc) is 3.32. The first-order valence-electron chi connectivity index (χ1n) is 25.7. The lowest BCUT2D eigenvalue weighted by Crippen LogP contribution is -2.69. The van der Waals surface area contributed by atoms with Crippen molar-refractivity contribution in [3.8, 4) is 0 Å². The van der Waals surface area contributed by atoms with Gasteiger partial charge in [-0.15, -0.1) is 0 Å². The predicted octanol–water partition coefficient (Wildman–Crippen LogP) is -2.15. The number of allylic oxidation sites excluding steroid dienone is 1. The molecule has 9 fully saturated rings. The van der Waals surface area contributed by atoms with E-state index in [9.17, 15) is 61.0 Å². The Kier molecular flexibility index (Phi) is 16.8. The molecule has 4 aliphatic heterocycles. The maximum atomic E-state index is 12.9. The zero-order chi connectivity index (χ0) is 49.0. The van der Waals surface area contributed by atoms with E-state index < -0.39 is 159 Å². The first-order valence-corrected chi connectivity index (χ1v) is 25.7. The molecule has 0 spiro atoms. The molecule has 18 unspecified atom stereocenters. The van der Waals surface area contributed by atoms with Crippen LogP contribution >= 0.6 is 0 Å². The Labute approximate surface area is 402 Å². The number of carbonyl (C=O) groups excluding carboxylic acids is 1. The molecule has 4 heterocycles. The minimum absolute atomic E-state index is 0.00131. The first kappa shape index (κ1) is 52.4. The molecule has 5 saturated carbocycles. The van der Waals surface area contributed by atoms with E-state index in [1.807, 2.05) is 0 Å². The lowest BCUT2D eigenvalue weighted by Gasteiger charge is -2.58. The summed E-state index contributed by atoms with van der Waals surface area (Å²) in [6, 6.07) is 0. The number of rotatable bonds is 11. The van der Waals surface area contributed by atoms with Gasteiger partial charge in [0.2, 0.25) is 0 Å². The van der Waals surface area contributed by atoms with Crippen molar-refractivity contribution in [1.29, 1.82) is 0 Å². The van der Waals surface area contributed by atoms with E-state index in [2.05, 4.69) is 0 Å². The second-order valence-corrected chi connectivity index (χ2v) is 22.2. The number of carbonyl (C=O) groups is 1. The lowest BCUT2D eigenvalue weighted by atomic mass is 9.61. The molecule has 0 aromatic rings. The van der Waals surface area contributed by atoms with Gasteiger partial charge in [0, 0.05) is 63.2 Å². The van der Waals surface area contributed by atoms with Crippen LogP contribution in [0.1, 0.15) is 89.9 Å². The zero-order valence-corrected chi connectivity index (χ0v) is 39.6. The second-order valence-electron chi connectivity index (χ2n) is 22.2. The van der Waals surface area contributed by atoms with Crippen molar-refractivity contribution in [2.24, 2.45) is 41.4 Å². The van der Waals surface area contributed by atoms with Crippen LogP contribution in [0.3, 0.4) is 0 Å². The molecular formula is C49H79O20+. The number of fused-ring (bicyclic) bond motifs is 1. The number of hydrogen-bond donors (Lipinski definition) is 11. The summed E-state index contributed by atoms with van der Waals surface area (Å²) in [6.45, 7) is -0.477. The second kappa shape index (κ2) is 22.1. The van der Waals surface area contributed by atoms with Gasteiger partial charge in [-0.25, -0.2) is 4.79 Å². The average molecular weight is 988 g/mol. The van der Waals surface area contributed by atoms with Gasteiger partial charge in [-0.3, -0.25) is 0 Å². The fourth-order valence-corrected chi connectivity index (χ4v) is 14.3. The van der Waals surface area contributed by atoms with E-state index in [0.717, 1.165) is 12.8 Å². The molecule has 9 aliphatic rings. The van der Waals surface area contributed by atoms with Crippen LogP contribution < -0.4 is 0 Å². The normalized spacial score (nSPS) is 53.8. The number of esters is 1. The van der Waals surface area contributed by atoms with E-state index in [1.54, 1.807) is 6.08 Å². The lowest BCUT2D eigenvalue weighted by molar-refractivity contribution is -0.384. The Morgan fingerprint density at radius 1 is 0.580 bits per heavy atom. The maximum absolute atomic E-state index is 12.9. The molecule has 20 heteroatoms. The highest BCUT2D eigenvalue weighted by atomic mass is 16.7. The van der Waals surface area contributed by atoms with Crippen LogP contribution in [0.25, 0.3) is 0 Å². The van der Waals surface area contributed by atoms with Gasteiger partial charge in [0.1, 0.15) is 43.2 Å². The molecule has 394 valence electrons. The Morgan fingerprint density at radius 2 is 1.29 bits per heavy atom. The molecule has 0 amide bonds. The number of aliphatic hydroxyl groups is 13. The van der Waals surface area contributed by atoms with Crippen molar-refractivity contribution in [1.82, 2.24) is 0 Å².